The molecule has 1 aliphatic carbocycles. The molecule has 0 saturated heterocycles. The summed E-state index contributed by atoms with van der Waals surface area (Å²) in [7, 11) is 2.17. The monoisotopic (exact) mass is 144 g/mol. The lowest BCUT2D eigenvalue weighted by Crippen LogP contribution is -2.27. The summed E-state index contributed by atoms with van der Waals surface area (Å²) in [6.45, 7) is 0. The minimum atomic E-state index is -1.29. The van der Waals surface area contributed by atoms with Crippen LogP contribution in [0.3, 0.4) is 0 Å². The lowest BCUT2D eigenvalue weighted by Gasteiger charge is -2.23. The second-order valence-electron chi connectivity index (χ2n) is 2.17. The summed E-state index contributed by atoms with van der Waals surface area (Å²) in [5.41, 5.74) is 0.625. The van der Waals surface area contributed by atoms with Gasteiger partial charge in [0.25, 0.3) is 0 Å². The van der Waals surface area contributed by atoms with Crippen LogP contribution in [0.5, 0.6) is 0 Å². The van der Waals surface area contributed by atoms with E-state index in [2.05, 4.69) is 12.2 Å². The second kappa shape index (κ2) is 3.15. The Morgan fingerprint density at radius 3 is 2.11 bits per heavy atom. The molecule has 0 spiro atoms. The van der Waals surface area contributed by atoms with Crippen molar-refractivity contribution in [2.45, 2.75) is 12.0 Å². The van der Waals surface area contributed by atoms with Gasteiger partial charge in [-0.1, -0.05) is 12.2 Å². The Hall–Kier alpha value is -0.123. The van der Waals surface area contributed by atoms with Crippen LogP contribution in [0.15, 0.2) is 12.2 Å². The van der Waals surface area contributed by atoms with Gasteiger partial charge in [0, 0.05) is 19.8 Å². The Morgan fingerprint density at radius 2 is 2.00 bits per heavy atom. The molecule has 0 aromatic rings. The number of rotatable bonds is 3. The fourth-order valence-corrected chi connectivity index (χ4v) is 2.55. The topological polar surface area (TPSA) is 18.5 Å². The third-order valence-corrected chi connectivity index (χ3v) is 3.73. The van der Waals surface area contributed by atoms with Gasteiger partial charge in [-0.2, -0.15) is 0 Å². The van der Waals surface area contributed by atoms with Gasteiger partial charge in [-0.15, -0.1) is 0 Å². The highest BCUT2D eigenvalue weighted by molar-refractivity contribution is 6.47. The van der Waals surface area contributed by atoms with Gasteiger partial charge in [-0.25, -0.2) is 0 Å². The highest BCUT2D eigenvalue weighted by atomic mass is 28.3. The van der Waals surface area contributed by atoms with Gasteiger partial charge >= 0.3 is 9.28 Å². The van der Waals surface area contributed by atoms with Gasteiger partial charge in [0.1, 0.15) is 0 Å². The SMILES string of the molecule is CO[SiH](OC)C1C=CC1. The highest BCUT2D eigenvalue weighted by Crippen LogP contribution is 2.26. The van der Waals surface area contributed by atoms with Crippen LogP contribution in [0.25, 0.3) is 0 Å². The first-order valence-corrected chi connectivity index (χ1v) is 4.71. The maximum Gasteiger partial charge on any atom is 0.328 e. The molecular weight excluding hydrogens is 132 g/mol. The predicted octanol–water partition coefficient (Wildman–Crippen LogP) is 0.830. The van der Waals surface area contributed by atoms with E-state index in [0.29, 0.717) is 5.54 Å². The Morgan fingerprint density at radius 1 is 1.44 bits per heavy atom. The molecule has 2 nitrogen and oxygen atoms in total. The molecule has 0 N–H and O–H groups in total. The fourth-order valence-electron chi connectivity index (χ4n) is 0.941. The molecule has 0 aromatic heterocycles. The van der Waals surface area contributed by atoms with Crippen molar-refractivity contribution >= 4 is 9.28 Å². The van der Waals surface area contributed by atoms with Crippen molar-refractivity contribution in [3.05, 3.63) is 12.2 Å². The Balaban J connectivity index is 2.29. The smallest absolute Gasteiger partial charge is 0.328 e. The summed E-state index contributed by atoms with van der Waals surface area (Å²) >= 11 is 0. The Labute approximate surface area is 57.3 Å². The summed E-state index contributed by atoms with van der Waals surface area (Å²) in [5, 5.41) is 0. The van der Waals surface area contributed by atoms with Crippen molar-refractivity contribution in [3.8, 4) is 0 Å². The standard InChI is InChI=1S/C6H12O2Si/c1-7-9(8-2)6-4-3-5-6/h3-4,6,9H,5H2,1-2H3. The molecule has 0 amide bonds. The van der Waals surface area contributed by atoms with E-state index in [1.165, 1.54) is 0 Å². The molecule has 0 radical (unpaired) electrons. The van der Waals surface area contributed by atoms with E-state index < -0.39 is 9.28 Å². The van der Waals surface area contributed by atoms with Crippen molar-refractivity contribution in [3.63, 3.8) is 0 Å². The van der Waals surface area contributed by atoms with E-state index in [1.807, 2.05) is 0 Å². The molecule has 52 valence electrons. The lowest BCUT2D eigenvalue weighted by molar-refractivity contribution is 0.268. The molecule has 1 aliphatic rings. The summed E-state index contributed by atoms with van der Waals surface area (Å²) in [4.78, 5) is 0. The number of allylic oxidation sites excluding steroid dienone is 2. The van der Waals surface area contributed by atoms with E-state index in [9.17, 15) is 0 Å². The molecule has 1 atom stereocenters. The number of hydrogen-bond donors (Lipinski definition) is 0. The second-order valence-corrected chi connectivity index (χ2v) is 4.70. The first-order chi connectivity index (χ1) is 4.38. The average molecular weight is 144 g/mol. The third kappa shape index (κ3) is 1.41. The average Bonchev–Trinajstić information content (AvgIpc) is 1.78. The molecule has 1 unspecified atom stereocenters. The lowest BCUT2D eigenvalue weighted by atomic mass is 10.1. The predicted molar refractivity (Wildman–Crippen MR) is 38.7 cm³/mol. The van der Waals surface area contributed by atoms with Crippen LogP contribution >= 0.6 is 0 Å². The van der Waals surface area contributed by atoms with E-state index >= 15 is 0 Å². The molecule has 0 fully saturated rings. The summed E-state index contributed by atoms with van der Waals surface area (Å²) in [6.07, 6.45) is 5.48. The minimum Gasteiger partial charge on any atom is -0.400 e. The number of hydrogen-bond acceptors (Lipinski definition) is 2. The van der Waals surface area contributed by atoms with Crippen LogP contribution in [0.2, 0.25) is 5.54 Å². The maximum atomic E-state index is 5.17. The molecular formula is C6H12O2Si. The van der Waals surface area contributed by atoms with Crippen molar-refractivity contribution in [1.29, 1.82) is 0 Å². The van der Waals surface area contributed by atoms with E-state index in [-0.39, 0.29) is 0 Å². The summed E-state index contributed by atoms with van der Waals surface area (Å²) < 4.78 is 10.3. The molecule has 0 aliphatic heterocycles. The van der Waals surface area contributed by atoms with Gasteiger partial charge in [0.05, 0.1) is 0 Å². The molecule has 0 aromatic carbocycles. The third-order valence-electron chi connectivity index (χ3n) is 1.61. The van der Waals surface area contributed by atoms with E-state index in [4.69, 9.17) is 8.85 Å². The van der Waals surface area contributed by atoms with Crippen LogP contribution in [-0.2, 0) is 8.85 Å². The van der Waals surface area contributed by atoms with Gasteiger partial charge < -0.3 is 8.85 Å². The quantitative estimate of drug-likeness (QED) is 0.431. The van der Waals surface area contributed by atoms with Crippen molar-refractivity contribution in [1.82, 2.24) is 0 Å². The van der Waals surface area contributed by atoms with Crippen LogP contribution < -0.4 is 0 Å². The van der Waals surface area contributed by atoms with Crippen molar-refractivity contribution in [2.24, 2.45) is 0 Å². The normalized spacial score (nSPS) is 24.6. The Bertz CT molecular complexity index is 110. The van der Waals surface area contributed by atoms with E-state index in [0.717, 1.165) is 6.42 Å². The van der Waals surface area contributed by atoms with Gasteiger partial charge in [0.2, 0.25) is 0 Å². The molecule has 9 heavy (non-hydrogen) atoms. The van der Waals surface area contributed by atoms with Crippen molar-refractivity contribution in [2.75, 3.05) is 14.2 Å². The summed E-state index contributed by atoms with van der Waals surface area (Å²) in [5.74, 6) is 0. The molecule has 1 rings (SSSR count). The van der Waals surface area contributed by atoms with Crippen LogP contribution in [0.1, 0.15) is 6.42 Å². The molecule has 0 bridgehead atoms. The Kier molecular flexibility index (Phi) is 2.45. The van der Waals surface area contributed by atoms with Crippen LogP contribution in [0.4, 0.5) is 0 Å². The summed E-state index contributed by atoms with van der Waals surface area (Å²) in [6, 6.07) is 0. The van der Waals surface area contributed by atoms with Gasteiger partial charge in [-0.3, -0.25) is 0 Å². The van der Waals surface area contributed by atoms with E-state index in [1.54, 1.807) is 14.2 Å². The molecule has 3 heteroatoms. The molecule has 0 saturated carbocycles. The first kappa shape index (κ1) is 6.99. The zero-order valence-corrected chi connectivity index (χ0v) is 6.99. The minimum absolute atomic E-state index is 0.625. The largest absolute Gasteiger partial charge is 0.400 e. The highest BCUT2D eigenvalue weighted by Gasteiger charge is 2.24. The first-order valence-electron chi connectivity index (χ1n) is 3.10. The molecule has 0 heterocycles. The van der Waals surface area contributed by atoms with Gasteiger partial charge in [-0.05, 0) is 6.42 Å². The van der Waals surface area contributed by atoms with Crippen LogP contribution in [0, 0.1) is 0 Å². The van der Waals surface area contributed by atoms with Crippen molar-refractivity contribution < 1.29 is 8.85 Å². The van der Waals surface area contributed by atoms with Gasteiger partial charge in [0.15, 0.2) is 0 Å². The maximum absolute atomic E-state index is 5.17. The zero-order valence-electron chi connectivity index (χ0n) is 5.83. The van der Waals surface area contributed by atoms with Crippen LogP contribution in [-0.4, -0.2) is 23.5 Å². The fraction of sp³-hybridized carbons (Fsp3) is 0.667. The zero-order chi connectivity index (χ0) is 6.69.